The highest BCUT2D eigenvalue weighted by molar-refractivity contribution is 9.10. The minimum Gasteiger partial charge on any atom is -0.388 e. The molecule has 22 heavy (non-hydrogen) atoms. The first-order chi connectivity index (χ1) is 10.5. The molecule has 6 nitrogen and oxygen atoms in total. The molecular formula is C14H18BrN5OS. The van der Waals surface area contributed by atoms with Gasteiger partial charge in [0, 0.05) is 30.7 Å². The second-order valence-electron chi connectivity index (χ2n) is 5.04. The molecule has 2 rings (SSSR count). The SMILES string of the molecule is CN1CCN(C(=O)/C(=N\Nc2ccc(Br)cc2)C(N)=S)CC1. The van der Waals surface area contributed by atoms with Gasteiger partial charge < -0.3 is 15.5 Å². The maximum atomic E-state index is 12.5. The summed E-state index contributed by atoms with van der Waals surface area (Å²) in [6.45, 7) is 2.96. The van der Waals surface area contributed by atoms with Crippen molar-refractivity contribution in [2.75, 3.05) is 38.7 Å². The molecule has 1 aliphatic rings. The molecule has 1 saturated heterocycles. The largest absolute Gasteiger partial charge is 0.388 e. The number of thiocarbonyl (C=S) groups is 1. The van der Waals surface area contributed by atoms with Crippen LogP contribution in [0, 0.1) is 0 Å². The first-order valence-corrected chi connectivity index (χ1v) is 8.04. The topological polar surface area (TPSA) is 74.0 Å². The molecule has 118 valence electrons. The van der Waals surface area contributed by atoms with Gasteiger partial charge in [0.1, 0.15) is 4.99 Å². The van der Waals surface area contributed by atoms with Gasteiger partial charge >= 0.3 is 0 Å². The molecular weight excluding hydrogens is 366 g/mol. The first kappa shape index (κ1) is 16.9. The monoisotopic (exact) mass is 383 g/mol. The number of anilines is 1. The summed E-state index contributed by atoms with van der Waals surface area (Å²) in [7, 11) is 2.03. The zero-order valence-electron chi connectivity index (χ0n) is 12.3. The van der Waals surface area contributed by atoms with Crippen molar-refractivity contribution in [2.24, 2.45) is 10.8 Å². The number of carbonyl (C=O) groups is 1. The van der Waals surface area contributed by atoms with Crippen LogP contribution in [0.15, 0.2) is 33.8 Å². The second-order valence-corrected chi connectivity index (χ2v) is 6.39. The Balaban J connectivity index is 2.08. The summed E-state index contributed by atoms with van der Waals surface area (Å²) in [5, 5.41) is 4.10. The Morgan fingerprint density at radius 1 is 1.27 bits per heavy atom. The Hall–Kier alpha value is -1.51. The van der Waals surface area contributed by atoms with Crippen molar-refractivity contribution in [3.63, 3.8) is 0 Å². The summed E-state index contributed by atoms with van der Waals surface area (Å²) in [5.41, 5.74) is 9.32. The number of hydrogen-bond donors (Lipinski definition) is 2. The smallest absolute Gasteiger partial charge is 0.277 e. The van der Waals surface area contributed by atoms with Gasteiger partial charge in [0.05, 0.1) is 5.69 Å². The summed E-state index contributed by atoms with van der Waals surface area (Å²) in [4.78, 5) is 16.4. The van der Waals surface area contributed by atoms with Crippen molar-refractivity contribution < 1.29 is 4.79 Å². The van der Waals surface area contributed by atoms with Crippen LogP contribution in [0.4, 0.5) is 5.69 Å². The number of likely N-dealkylation sites (N-methyl/N-ethyl adjacent to an activating group) is 1. The number of nitrogens with two attached hydrogens (primary N) is 1. The average Bonchev–Trinajstić information content (AvgIpc) is 2.49. The molecule has 0 aromatic heterocycles. The van der Waals surface area contributed by atoms with E-state index in [1.807, 2.05) is 31.3 Å². The maximum Gasteiger partial charge on any atom is 0.277 e. The van der Waals surface area contributed by atoms with E-state index in [1.165, 1.54) is 0 Å². The molecule has 3 N–H and O–H groups in total. The van der Waals surface area contributed by atoms with Crippen LogP contribution >= 0.6 is 28.1 Å². The molecule has 0 unspecified atom stereocenters. The van der Waals surface area contributed by atoms with Crippen molar-refractivity contribution in [1.82, 2.24) is 9.80 Å². The summed E-state index contributed by atoms with van der Waals surface area (Å²) in [6.07, 6.45) is 0. The Morgan fingerprint density at radius 2 is 1.86 bits per heavy atom. The van der Waals surface area contributed by atoms with E-state index >= 15 is 0 Å². The van der Waals surface area contributed by atoms with E-state index < -0.39 is 0 Å². The van der Waals surface area contributed by atoms with Gasteiger partial charge in [0.2, 0.25) is 0 Å². The highest BCUT2D eigenvalue weighted by Crippen LogP contribution is 2.14. The number of piperazine rings is 1. The molecule has 0 bridgehead atoms. The van der Waals surface area contributed by atoms with Crippen molar-refractivity contribution in [1.29, 1.82) is 0 Å². The number of halogens is 1. The van der Waals surface area contributed by atoms with Crippen molar-refractivity contribution >= 4 is 50.4 Å². The summed E-state index contributed by atoms with van der Waals surface area (Å²) in [6, 6.07) is 7.43. The van der Waals surface area contributed by atoms with Crippen molar-refractivity contribution in [3.05, 3.63) is 28.7 Å². The lowest BCUT2D eigenvalue weighted by molar-refractivity contribution is -0.125. The number of rotatable bonds is 4. The summed E-state index contributed by atoms with van der Waals surface area (Å²) in [5.74, 6) is -0.231. The fraction of sp³-hybridized carbons (Fsp3) is 0.357. The van der Waals surface area contributed by atoms with Gasteiger partial charge in [-0.3, -0.25) is 10.2 Å². The summed E-state index contributed by atoms with van der Waals surface area (Å²) >= 11 is 8.32. The van der Waals surface area contributed by atoms with Gasteiger partial charge in [0.25, 0.3) is 5.91 Å². The average molecular weight is 384 g/mol. The molecule has 1 fully saturated rings. The predicted octanol–water partition coefficient (Wildman–Crippen LogP) is 1.28. The van der Waals surface area contributed by atoms with E-state index in [4.69, 9.17) is 18.0 Å². The van der Waals surface area contributed by atoms with Crippen LogP contribution in [-0.2, 0) is 4.79 Å². The second kappa shape index (κ2) is 7.66. The zero-order valence-corrected chi connectivity index (χ0v) is 14.7. The van der Waals surface area contributed by atoms with E-state index in [9.17, 15) is 4.79 Å². The molecule has 8 heteroatoms. The van der Waals surface area contributed by atoms with Crippen molar-refractivity contribution in [2.45, 2.75) is 0 Å². The molecule has 0 radical (unpaired) electrons. The molecule has 1 heterocycles. The predicted molar refractivity (Wildman–Crippen MR) is 96.1 cm³/mol. The van der Waals surface area contributed by atoms with E-state index in [-0.39, 0.29) is 16.6 Å². The standard InChI is InChI=1S/C14H18BrN5OS/c1-19-6-8-20(9-7-19)14(21)12(13(16)22)18-17-11-4-2-10(15)3-5-11/h2-5,17H,6-9H2,1H3,(H2,16,22)/b18-12-. The number of carbonyl (C=O) groups excluding carboxylic acids is 1. The lowest BCUT2D eigenvalue weighted by atomic mass is 10.2. The van der Waals surface area contributed by atoms with Gasteiger partial charge in [-0.25, -0.2) is 0 Å². The van der Waals surface area contributed by atoms with Crippen LogP contribution in [0.25, 0.3) is 0 Å². The lowest BCUT2D eigenvalue weighted by Gasteiger charge is -2.32. The van der Waals surface area contributed by atoms with Crippen LogP contribution in [0.2, 0.25) is 0 Å². The number of hydrazone groups is 1. The zero-order chi connectivity index (χ0) is 16.1. The molecule has 0 saturated carbocycles. The van der Waals surface area contributed by atoms with E-state index in [2.05, 4.69) is 31.4 Å². The number of nitrogens with one attached hydrogen (secondary N) is 1. The first-order valence-electron chi connectivity index (χ1n) is 6.84. The van der Waals surface area contributed by atoms with Crippen molar-refractivity contribution in [3.8, 4) is 0 Å². The number of nitrogens with zero attached hydrogens (tertiary/aromatic N) is 3. The van der Waals surface area contributed by atoms with Gasteiger partial charge in [0.15, 0.2) is 5.71 Å². The van der Waals surface area contributed by atoms with Gasteiger partial charge in [-0.05, 0) is 31.3 Å². The lowest BCUT2D eigenvalue weighted by Crippen LogP contribution is -2.51. The van der Waals surface area contributed by atoms with Crippen LogP contribution in [-0.4, -0.2) is 59.6 Å². The fourth-order valence-electron chi connectivity index (χ4n) is 2.01. The molecule has 1 amide bonds. The van der Waals surface area contributed by atoms with E-state index in [1.54, 1.807) is 4.90 Å². The minimum absolute atomic E-state index is 0.00598. The Bertz CT molecular complexity index is 581. The Labute approximate surface area is 143 Å². The van der Waals surface area contributed by atoms with Gasteiger partial charge in [-0.2, -0.15) is 5.10 Å². The third kappa shape index (κ3) is 4.49. The van der Waals surface area contributed by atoms with Crippen LogP contribution in [0.1, 0.15) is 0 Å². The van der Waals surface area contributed by atoms with Crippen LogP contribution < -0.4 is 11.2 Å². The third-order valence-corrected chi connectivity index (χ3v) is 4.09. The molecule has 1 aliphatic heterocycles. The Morgan fingerprint density at radius 3 is 2.41 bits per heavy atom. The molecule has 1 aromatic rings. The molecule has 0 spiro atoms. The highest BCUT2D eigenvalue weighted by atomic mass is 79.9. The van der Waals surface area contributed by atoms with E-state index in [0.29, 0.717) is 13.1 Å². The van der Waals surface area contributed by atoms with E-state index in [0.717, 1.165) is 23.2 Å². The Kier molecular flexibility index (Phi) is 5.87. The number of hydrogen-bond acceptors (Lipinski definition) is 5. The van der Waals surface area contributed by atoms with Gasteiger partial charge in [-0.1, -0.05) is 28.1 Å². The molecule has 1 aromatic carbocycles. The van der Waals surface area contributed by atoms with Crippen LogP contribution in [0.3, 0.4) is 0 Å². The third-order valence-electron chi connectivity index (χ3n) is 3.37. The normalized spacial score (nSPS) is 16.5. The molecule has 0 aliphatic carbocycles. The fourth-order valence-corrected chi connectivity index (χ4v) is 2.41. The number of amides is 1. The highest BCUT2D eigenvalue weighted by Gasteiger charge is 2.25. The number of benzene rings is 1. The minimum atomic E-state index is -0.231. The summed E-state index contributed by atoms with van der Waals surface area (Å²) < 4.78 is 0.963. The quantitative estimate of drug-likeness (QED) is 0.465. The molecule has 0 atom stereocenters. The maximum absolute atomic E-state index is 12.5. The van der Waals surface area contributed by atoms with Gasteiger partial charge in [-0.15, -0.1) is 0 Å². The van der Waals surface area contributed by atoms with Crippen LogP contribution in [0.5, 0.6) is 0 Å².